The molecular weight excluding hydrogens is 463 g/mol. The van der Waals surface area contributed by atoms with Gasteiger partial charge in [-0.05, 0) is 74.1 Å². The Kier molecular flexibility index (Phi) is 8.29. The Morgan fingerprint density at radius 1 is 1.07 bits per heavy atom. The summed E-state index contributed by atoms with van der Waals surface area (Å²) in [7, 11) is 0. The quantitative estimate of drug-likeness (QED) is 0.361. The number of carbonyl (C=O) groups is 1. The molecule has 0 atom stereocenters. The fourth-order valence-electron chi connectivity index (χ4n) is 3.46. The van der Waals surface area contributed by atoms with Gasteiger partial charge in [0, 0.05) is 24.3 Å². The number of aliphatic imine (C=N–C) groups is 1. The molecule has 6 heteroatoms. The molecule has 0 heterocycles. The van der Waals surface area contributed by atoms with Crippen molar-refractivity contribution in [3.8, 4) is 0 Å². The second kappa shape index (κ2) is 10.5. The maximum atomic E-state index is 12.3. The highest BCUT2D eigenvalue weighted by Gasteiger charge is 2.12. The molecule has 0 unspecified atom stereocenters. The largest absolute Gasteiger partial charge is 0.370 e. The third-order valence-corrected chi connectivity index (χ3v) is 5.05. The van der Waals surface area contributed by atoms with Gasteiger partial charge in [0.05, 0.1) is 6.54 Å². The van der Waals surface area contributed by atoms with Crippen molar-refractivity contribution >= 4 is 41.5 Å². The molecule has 0 fully saturated rings. The minimum atomic E-state index is 0. The van der Waals surface area contributed by atoms with Crippen LogP contribution in [0.1, 0.15) is 47.3 Å². The summed E-state index contributed by atoms with van der Waals surface area (Å²) >= 11 is 0. The van der Waals surface area contributed by atoms with Crippen LogP contribution in [0.25, 0.3) is 0 Å². The van der Waals surface area contributed by atoms with E-state index in [9.17, 15) is 4.79 Å². The van der Waals surface area contributed by atoms with Gasteiger partial charge in [-0.3, -0.25) is 4.79 Å². The van der Waals surface area contributed by atoms with E-state index in [2.05, 4.69) is 28.5 Å². The lowest BCUT2D eigenvalue weighted by Crippen LogP contribution is -2.30. The molecule has 3 N–H and O–H groups in total. The third-order valence-electron chi connectivity index (χ3n) is 5.05. The van der Waals surface area contributed by atoms with E-state index >= 15 is 0 Å². The Hall–Kier alpha value is -2.09. The number of hydrogen-bond donors (Lipinski definition) is 2. The number of aryl methyl sites for hydroxylation is 2. The molecule has 0 spiro atoms. The number of fused-ring (bicyclic) bond motifs is 1. The van der Waals surface area contributed by atoms with Crippen LogP contribution in [0.3, 0.4) is 0 Å². The van der Waals surface area contributed by atoms with Gasteiger partial charge in [-0.25, -0.2) is 4.99 Å². The average Bonchev–Trinajstić information content (AvgIpc) is 3.15. The fraction of sp³-hybridized carbons (Fsp3) is 0.364. The normalized spacial score (nSPS) is 12.9. The molecular formula is C22H29IN4O. The Labute approximate surface area is 184 Å². The number of halogens is 1. The van der Waals surface area contributed by atoms with E-state index in [0.29, 0.717) is 31.2 Å². The van der Waals surface area contributed by atoms with Crippen LogP contribution in [-0.4, -0.2) is 29.9 Å². The van der Waals surface area contributed by atoms with Crippen LogP contribution in [0.5, 0.6) is 0 Å². The van der Waals surface area contributed by atoms with E-state index in [1.807, 2.05) is 43.0 Å². The number of carbonyl (C=O) groups excluding carboxylic acids is 1. The predicted molar refractivity (Wildman–Crippen MR) is 127 cm³/mol. The average molecular weight is 492 g/mol. The molecule has 150 valence electrons. The van der Waals surface area contributed by atoms with Gasteiger partial charge in [0.15, 0.2) is 5.96 Å². The number of guanidine groups is 1. The molecule has 0 bridgehead atoms. The van der Waals surface area contributed by atoms with Crippen molar-refractivity contribution in [2.75, 3.05) is 18.4 Å². The fourth-order valence-corrected chi connectivity index (χ4v) is 3.46. The van der Waals surface area contributed by atoms with E-state index in [1.54, 1.807) is 0 Å². The van der Waals surface area contributed by atoms with Crippen molar-refractivity contribution in [1.82, 2.24) is 4.90 Å². The van der Waals surface area contributed by atoms with Crippen LogP contribution in [0.2, 0.25) is 0 Å². The predicted octanol–water partition coefficient (Wildman–Crippen LogP) is 4.20. The summed E-state index contributed by atoms with van der Waals surface area (Å²) in [6, 6.07) is 14.0. The number of nitrogens with two attached hydrogens (primary N) is 1. The Bertz CT molecular complexity index is 829. The van der Waals surface area contributed by atoms with Crippen molar-refractivity contribution in [2.24, 2.45) is 10.7 Å². The van der Waals surface area contributed by atoms with E-state index in [-0.39, 0.29) is 29.9 Å². The molecule has 0 aliphatic heterocycles. The Morgan fingerprint density at radius 3 is 2.43 bits per heavy atom. The molecule has 2 aromatic carbocycles. The first kappa shape index (κ1) is 22.2. The van der Waals surface area contributed by atoms with Gasteiger partial charge in [-0.15, -0.1) is 24.0 Å². The zero-order valence-electron chi connectivity index (χ0n) is 16.6. The third kappa shape index (κ3) is 5.47. The van der Waals surface area contributed by atoms with Crippen molar-refractivity contribution in [3.05, 3.63) is 64.7 Å². The summed E-state index contributed by atoms with van der Waals surface area (Å²) in [6.07, 6.45) is 3.54. The number of hydrogen-bond acceptors (Lipinski definition) is 2. The van der Waals surface area contributed by atoms with Gasteiger partial charge in [0.2, 0.25) is 0 Å². The van der Waals surface area contributed by atoms with Gasteiger partial charge >= 0.3 is 0 Å². The maximum absolute atomic E-state index is 12.3. The molecule has 28 heavy (non-hydrogen) atoms. The zero-order valence-corrected chi connectivity index (χ0v) is 18.9. The number of benzene rings is 2. The van der Waals surface area contributed by atoms with Crippen LogP contribution in [-0.2, 0) is 19.4 Å². The standard InChI is InChI=1S/C22H28N4O.HI/c1-3-26(4-2)21(27)18-10-8-16(9-11-18)15-24-22(23)25-20-13-12-17-6-5-7-19(17)14-20;/h8-14H,3-7,15H2,1-2H3,(H3,23,24,25);1H. The van der Waals surface area contributed by atoms with Crippen LogP contribution in [0, 0.1) is 0 Å². The number of amides is 1. The number of nitrogens with zero attached hydrogens (tertiary/aromatic N) is 2. The van der Waals surface area contributed by atoms with Crippen molar-refractivity contribution in [3.63, 3.8) is 0 Å². The molecule has 0 radical (unpaired) electrons. The summed E-state index contributed by atoms with van der Waals surface area (Å²) < 4.78 is 0. The van der Waals surface area contributed by atoms with E-state index in [4.69, 9.17) is 5.73 Å². The molecule has 0 saturated carbocycles. The first-order valence-corrected chi connectivity index (χ1v) is 9.67. The molecule has 5 nitrogen and oxygen atoms in total. The van der Waals surface area contributed by atoms with Gasteiger partial charge < -0.3 is 16.0 Å². The van der Waals surface area contributed by atoms with Gasteiger partial charge in [-0.2, -0.15) is 0 Å². The topological polar surface area (TPSA) is 70.7 Å². The van der Waals surface area contributed by atoms with E-state index in [1.165, 1.54) is 24.0 Å². The van der Waals surface area contributed by atoms with Gasteiger partial charge in [-0.1, -0.05) is 18.2 Å². The summed E-state index contributed by atoms with van der Waals surface area (Å²) in [5.41, 5.74) is 11.6. The van der Waals surface area contributed by atoms with Crippen LogP contribution < -0.4 is 11.1 Å². The first-order valence-electron chi connectivity index (χ1n) is 9.67. The SMILES string of the molecule is CCN(CC)C(=O)c1ccc(CN=C(N)Nc2ccc3c(c2)CCC3)cc1.I. The summed E-state index contributed by atoms with van der Waals surface area (Å²) in [5, 5.41) is 3.17. The zero-order chi connectivity index (χ0) is 19.2. The van der Waals surface area contributed by atoms with Crippen LogP contribution >= 0.6 is 24.0 Å². The van der Waals surface area contributed by atoms with E-state index in [0.717, 1.165) is 17.7 Å². The van der Waals surface area contributed by atoms with Crippen molar-refractivity contribution in [2.45, 2.75) is 39.7 Å². The second-order valence-electron chi connectivity index (χ2n) is 6.84. The van der Waals surface area contributed by atoms with Gasteiger partial charge in [0.25, 0.3) is 5.91 Å². The molecule has 0 saturated heterocycles. The number of nitrogens with one attached hydrogen (secondary N) is 1. The highest BCUT2D eigenvalue weighted by molar-refractivity contribution is 14.0. The van der Waals surface area contributed by atoms with E-state index < -0.39 is 0 Å². The first-order chi connectivity index (χ1) is 13.1. The van der Waals surface area contributed by atoms with Crippen LogP contribution in [0.15, 0.2) is 47.5 Å². The highest BCUT2D eigenvalue weighted by Crippen LogP contribution is 2.24. The Morgan fingerprint density at radius 2 is 1.75 bits per heavy atom. The minimum absolute atomic E-state index is 0. The lowest BCUT2D eigenvalue weighted by molar-refractivity contribution is 0.0773. The summed E-state index contributed by atoms with van der Waals surface area (Å²) in [6.45, 7) is 5.88. The van der Waals surface area contributed by atoms with Crippen LogP contribution in [0.4, 0.5) is 5.69 Å². The summed E-state index contributed by atoms with van der Waals surface area (Å²) in [5.74, 6) is 0.462. The molecule has 1 aliphatic carbocycles. The lowest BCUT2D eigenvalue weighted by atomic mass is 10.1. The molecule has 2 aromatic rings. The lowest BCUT2D eigenvalue weighted by Gasteiger charge is -2.18. The monoisotopic (exact) mass is 492 g/mol. The smallest absolute Gasteiger partial charge is 0.253 e. The maximum Gasteiger partial charge on any atom is 0.253 e. The second-order valence-corrected chi connectivity index (χ2v) is 6.84. The van der Waals surface area contributed by atoms with Crippen molar-refractivity contribution in [1.29, 1.82) is 0 Å². The summed E-state index contributed by atoms with van der Waals surface area (Å²) in [4.78, 5) is 18.6. The van der Waals surface area contributed by atoms with Gasteiger partial charge in [0.1, 0.15) is 0 Å². The molecule has 0 aromatic heterocycles. The molecule has 3 rings (SSSR count). The molecule has 1 aliphatic rings. The highest BCUT2D eigenvalue weighted by atomic mass is 127. The van der Waals surface area contributed by atoms with Crippen molar-refractivity contribution < 1.29 is 4.79 Å². The number of rotatable bonds is 6. The molecule has 1 amide bonds. The Balaban J connectivity index is 0.00000280. The number of anilines is 1. The minimum Gasteiger partial charge on any atom is -0.370 e.